The third kappa shape index (κ3) is 5.29. The molecule has 0 aromatic carbocycles. The van der Waals surface area contributed by atoms with E-state index in [2.05, 4.69) is 36.4 Å². The molecule has 0 radical (unpaired) electrons. The third-order valence-electron chi connectivity index (χ3n) is 2.77. The number of hydrogen-bond acceptors (Lipinski definition) is 8. The SMILES string of the molecule is C=Bc1coc(CN=C(N)c2nonc2NCCNS(N)(=O)=O)c1. The van der Waals surface area contributed by atoms with Gasteiger partial charge in [0.1, 0.15) is 0 Å². The van der Waals surface area contributed by atoms with Gasteiger partial charge in [0.15, 0.2) is 0 Å². The number of amidine groups is 1. The molecule has 128 valence electrons. The monoisotopic (exact) mass is 353 g/mol. The number of furan rings is 1. The Balaban J connectivity index is 1.94. The molecule has 0 aliphatic heterocycles. The van der Waals surface area contributed by atoms with Crippen LogP contribution in [-0.4, -0.2) is 51.0 Å². The summed E-state index contributed by atoms with van der Waals surface area (Å²) in [6.45, 7) is 5.75. The first-order chi connectivity index (χ1) is 11.4. The van der Waals surface area contributed by atoms with Crippen LogP contribution < -0.4 is 26.4 Å². The van der Waals surface area contributed by atoms with E-state index >= 15 is 0 Å². The standard InChI is InChI=1S/C11H16BN7O4S/c1-12-7-4-8(22-6-7)5-16-10(13)9-11(19-23-18-9)15-2-3-17-24(14,20)21/h4,6,17H,1-3,5H2,(H2,13,16)(H,15,19)(H2,14,20,21). The van der Waals surface area contributed by atoms with E-state index in [1.165, 1.54) is 0 Å². The van der Waals surface area contributed by atoms with Crippen LogP contribution in [0.15, 0.2) is 26.4 Å². The third-order valence-corrected chi connectivity index (χ3v) is 3.37. The Kier molecular flexibility index (Phi) is 5.84. The molecule has 2 aromatic heterocycles. The van der Waals surface area contributed by atoms with Crippen LogP contribution in [0, 0.1) is 0 Å². The van der Waals surface area contributed by atoms with Gasteiger partial charge in [-0.15, -0.1) is 0 Å². The van der Waals surface area contributed by atoms with Gasteiger partial charge in [-0.2, -0.15) is 8.42 Å². The van der Waals surface area contributed by atoms with Crippen LogP contribution in [0.2, 0.25) is 0 Å². The fraction of sp³-hybridized carbons (Fsp3) is 0.273. The van der Waals surface area contributed by atoms with E-state index < -0.39 is 10.2 Å². The average Bonchev–Trinajstić information content (AvgIpc) is 3.17. The average molecular weight is 353 g/mol. The van der Waals surface area contributed by atoms with Crippen molar-refractivity contribution in [2.75, 3.05) is 18.4 Å². The second-order valence-electron chi connectivity index (χ2n) is 4.58. The van der Waals surface area contributed by atoms with E-state index in [-0.39, 0.29) is 37.0 Å². The van der Waals surface area contributed by atoms with Gasteiger partial charge in [-0.05, 0) is 0 Å². The molecule has 2 heterocycles. The van der Waals surface area contributed by atoms with E-state index in [0.29, 0.717) is 5.76 Å². The Labute approximate surface area is 138 Å². The van der Waals surface area contributed by atoms with E-state index in [4.69, 9.17) is 15.3 Å². The summed E-state index contributed by atoms with van der Waals surface area (Å²) in [5, 5.41) is 14.9. The maximum absolute atomic E-state index is 10.7. The van der Waals surface area contributed by atoms with E-state index in [9.17, 15) is 8.42 Å². The first kappa shape index (κ1) is 17.8. The molecule has 0 atom stereocenters. The minimum absolute atomic E-state index is 0.0545. The summed E-state index contributed by atoms with van der Waals surface area (Å²) in [6, 6.07) is 1.78. The van der Waals surface area contributed by atoms with Crippen molar-refractivity contribution in [1.29, 1.82) is 0 Å². The zero-order valence-corrected chi connectivity index (χ0v) is 13.4. The van der Waals surface area contributed by atoms with Crippen molar-refractivity contribution in [2.45, 2.75) is 6.54 Å². The summed E-state index contributed by atoms with van der Waals surface area (Å²) < 4.78 is 33.5. The van der Waals surface area contributed by atoms with Gasteiger partial charge < -0.3 is 0 Å². The molecular weight excluding hydrogens is 337 g/mol. The Hall–Kier alpha value is -2.51. The van der Waals surface area contributed by atoms with E-state index in [1.807, 2.05) is 0 Å². The summed E-state index contributed by atoms with van der Waals surface area (Å²) in [5.41, 5.74) is 6.90. The number of rotatable bonds is 9. The number of anilines is 1. The topological polar surface area (TPSA) is 175 Å². The Bertz CT molecular complexity index is 829. The fourth-order valence-corrected chi connectivity index (χ4v) is 2.06. The van der Waals surface area contributed by atoms with Crippen molar-refractivity contribution in [2.24, 2.45) is 15.9 Å². The van der Waals surface area contributed by atoms with Gasteiger partial charge in [-0.3, -0.25) is 0 Å². The van der Waals surface area contributed by atoms with Crippen molar-refractivity contribution >= 4 is 40.7 Å². The predicted molar refractivity (Wildman–Crippen MR) is 89.5 cm³/mol. The zero-order valence-electron chi connectivity index (χ0n) is 12.6. The molecule has 0 amide bonds. The number of hydrogen-bond donors (Lipinski definition) is 4. The minimum atomic E-state index is -3.75. The summed E-state index contributed by atoms with van der Waals surface area (Å²) in [6.07, 6.45) is 1.55. The number of nitrogens with one attached hydrogen (secondary N) is 2. The Morgan fingerprint density at radius 3 is 2.88 bits per heavy atom. The van der Waals surface area contributed by atoms with Crippen LogP contribution in [0.5, 0.6) is 0 Å². The molecular formula is C11H16BN7O4S. The van der Waals surface area contributed by atoms with Gasteiger partial charge >= 0.3 is 114 Å². The van der Waals surface area contributed by atoms with Gasteiger partial charge in [0, 0.05) is 0 Å². The fourth-order valence-electron chi connectivity index (χ4n) is 1.67. The first-order valence-corrected chi connectivity index (χ1v) is 8.27. The molecule has 0 bridgehead atoms. The summed E-state index contributed by atoms with van der Waals surface area (Å²) in [5.74, 6) is 0.935. The summed E-state index contributed by atoms with van der Waals surface area (Å²) in [4.78, 5) is 4.15. The number of aromatic nitrogens is 2. The van der Waals surface area contributed by atoms with Crippen molar-refractivity contribution in [3.05, 3.63) is 23.8 Å². The molecule has 0 unspecified atom stereocenters. The molecule has 0 fully saturated rings. The normalized spacial score (nSPS) is 12.1. The predicted octanol–water partition coefficient (Wildman–Crippen LogP) is -2.47. The Morgan fingerprint density at radius 2 is 2.21 bits per heavy atom. The van der Waals surface area contributed by atoms with E-state index in [0.717, 1.165) is 5.46 Å². The van der Waals surface area contributed by atoms with Gasteiger partial charge in [-0.1, -0.05) is 0 Å². The van der Waals surface area contributed by atoms with E-state index in [1.54, 1.807) is 19.3 Å². The molecule has 24 heavy (non-hydrogen) atoms. The summed E-state index contributed by atoms with van der Waals surface area (Å²) in [7, 11) is -3.75. The molecule has 11 nitrogen and oxygen atoms in total. The van der Waals surface area contributed by atoms with Crippen molar-refractivity contribution in [1.82, 2.24) is 15.0 Å². The van der Waals surface area contributed by atoms with Gasteiger partial charge in [0.25, 0.3) is 10.2 Å². The van der Waals surface area contributed by atoms with Gasteiger partial charge in [0.05, 0.1) is 0 Å². The second-order valence-corrected chi connectivity index (χ2v) is 5.96. The Morgan fingerprint density at radius 1 is 1.42 bits per heavy atom. The van der Waals surface area contributed by atoms with Crippen LogP contribution in [0.1, 0.15) is 11.5 Å². The van der Waals surface area contributed by atoms with Crippen molar-refractivity contribution in [3.8, 4) is 0 Å². The summed E-state index contributed by atoms with van der Waals surface area (Å²) >= 11 is 0. The van der Waals surface area contributed by atoms with Gasteiger partial charge in [0.2, 0.25) is 0 Å². The molecule has 0 saturated heterocycles. The number of nitrogens with zero attached hydrogens (tertiary/aromatic N) is 3. The van der Waals surface area contributed by atoms with Crippen LogP contribution in [0.25, 0.3) is 0 Å². The van der Waals surface area contributed by atoms with Crippen LogP contribution in [-0.2, 0) is 16.8 Å². The molecule has 0 saturated carbocycles. The first-order valence-electron chi connectivity index (χ1n) is 6.73. The van der Waals surface area contributed by atoms with Crippen LogP contribution >= 0.6 is 0 Å². The molecule has 6 N–H and O–H groups in total. The molecule has 0 spiro atoms. The maximum atomic E-state index is 10.7. The quantitative estimate of drug-likeness (QED) is 0.166. The molecule has 2 aromatic rings. The molecule has 0 aliphatic carbocycles. The molecule has 2 rings (SSSR count). The molecule has 0 aliphatic rings. The number of aliphatic imine (C=N–C) groups is 1. The van der Waals surface area contributed by atoms with Gasteiger partial charge in [-0.25, -0.2) is 5.14 Å². The zero-order chi connectivity index (χ0) is 17.6. The number of nitrogens with two attached hydrogens (primary N) is 2. The molecule has 13 heteroatoms. The van der Waals surface area contributed by atoms with Crippen LogP contribution in [0.4, 0.5) is 5.82 Å². The second kappa shape index (κ2) is 7.85. The van der Waals surface area contributed by atoms with Crippen LogP contribution in [0.3, 0.4) is 0 Å². The van der Waals surface area contributed by atoms with Crippen molar-refractivity contribution < 1.29 is 17.5 Å². The van der Waals surface area contributed by atoms with Crippen molar-refractivity contribution in [3.63, 3.8) is 0 Å².